The summed E-state index contributed by atoms with van der Waals surface area (Å²) < 4.78 is 0. The second-order valence-corrected chi connectivity index (χ2v) is 5.95. The Labute approximate surface area is 132 Å². The van der Waals surface area contributed by atoms with Crippen LogP contribution in [0.2, 0.25) is 0 Å². The molecule has 0 aliphatic carbocycles. The monoisotopic (exact) mass is 326 g/mol. The molecule has 2 unspecified atom stereocenters. The average molecular weight is 326 g/mol. The summed E-state index contributed by atoms with van der Waals surface area (Å²) in [6.45, 7) is 1.38. The maximum Gasteiger partial charge on any atom is 0.303 e. The van der Waals surface area contributed by atoms with Gasteiger partial charge in [0.2, 0.25) is 0 Å². The maximum atomic E-state index is 11.7. The molecular formula is C15H18O6S. The van der Waals surface area contributed by atoms with Crippen molar-refractivity contribution >= 4 is 28.6 Å². The Morgan fingerprint density at radius 3 is 2.18 bits per heavy atom. The number of carbonyl (C=O) groups excluding carboxylic acids is 2. The van der Waals surface area contributed by atoms with E-state index in [-0.39, 0.29) is 29.5 Å². The Morgan fingerprint density at radius 2 is 1.68 bits per heavy atom. The van der Waals surface area contributed by atoms with Crippen LogP contribution in [-0.4, -0.2) is 44.0 Å². The summed E-state index contributed by atoms with van der Waals surface area (Å²) in [6.07, 6.45) is -2.57. The van der Waals surface area contributed by atoms with E-state index < -0.39 is 18.2 Å². The van der Waals surface area contributed by atoms with E-state index in [4.69, 9.17) is 5.11 Å². The number of rotatable bonds is 8. The Hall–Kier alpha value is -1.70. The van der Waals surface area contributed by atoms with Crippen molar-refractivity contribution in [3.63, 3.8) is 0 Å². The second-order valence-electron chi connectivity index (χ2n) is 4.75. The van der Waals surface area contributed by atoms with E-state index in [1.165, 1.54) is 31.2 Å². The first-order chi connectivity index (χ1) is 10.3. The molecule has 0 spiro atoms. The van der Waals surface area contributed by atoms with E-state index in [0.29, 0.717) is 11.1 Å². The summed E-state index contributed by atoms with van der Waals surface area (Å²) in [4.78, 5) is 33.0. The third-order valence-electron chi connectivity index (χ3n) is 2.96. The van der Waals surface area contributed by atoms with Gasteiger partial charge in [0.15, 0.2) is 10.9 Å². The van der Waals surface area contributed by atoms with Gasteiger partial charge in [0.1, 0.15) is 6.10 Å². The van der Waals surface area contributed by atoms with Crippen LogP contribution in [0.4, 0.5) is 0 Å². The van der Waals surface area contributed by atoms with Crippen molar-refractivity contribution in [3.05, 3.63) is 35.4 Å². The van der Waals surface area contributed by atoms with Crippen LogP contribution in [0.3, 0.4) is 0 Å². The summed E-state index contributed by atoms with van der Waals surface area (Å²) >= 11 is 0.921. The fourth-order valence-electron chi connectivity index (χ4n) is 1.75. The summed E-state index contributed by atoms with van der Waals surface area (Å²) in [7, 11) is 0. The number of carbonyl (C=O) groups is 3. The highest BCUT2D eigenvalue weighted by atomic mass is 32.2. The lowest BCUT2D eigenvalue weighted by Gasteiger charge is -2.17. The Kier molecular flexibility index (Phi) is 7.23. The van der Waals surface area contributed by atoms with Gasteiger partial charge < -0.3 is 15.3 Å². The number of hydrogen-bond donors (Lipinski definition) is 3. The molecule has 22 heavy (non-hydrogen) atoms. The van der Waals surface area contributed by atoms with E-state index in [1.807, 2.05) is 0 Å². The zero-order chi connectivity index (χ0) is 16.7. The van der Waals surface area contributed by atoms with Crippen molar-refractivity contribution in [1.29, 1.82) is 0 Å². The van der Waals surface area contributed by atoms with Gasteiger partial charge in [-0.15, -0.1) is 0 Å². The molecule has 6 nitrogen and oxygen atoms in total. The number of benzene rings is 1. The number of carboxylic acids is 1. The predicted molar refractivity (Wildman–Crippen MR) is 81.7 cm³/mol. The van der Waals surface area contributed by atoms with Crippen LogP contribution in [0.5, 0.6) is 0 Å². The van der Waals surface area contributed by atoms with Gasteiger partial charge in [-0.3, -0.25) is 14.4 Å². The van der Waals surface area contributed by atoms with Crippen molar-refractivity contribution in [3.8, 4) is 0 Å². The molecule has 0 aliphatic heterocycles. The van der Waals surface area contributed by atoms with Crippen LogP contribution >= 0.6 is 11.8 Å². The van der Waals surface area contributed by atoms with Gasteiger partial charge in [-0.05, 0) is 5.56 Å². The normalized spacial score (nSPS) is 13.4. The van der Waals surface area contributed by atoms with Crippen LogP contribution in [0.1, 0.15) is 41.8 Å². The number of thioether (sulfide) groups is 1. The fraction of sp³-hybridized carbons (Fsp3) is 0.400. The lowest BCUT2D eigenvalue weighted by molar-refractivity contribution is -0.136. The quantitative estimate of drug-likeness (QED) is 0.619. The highest BCUT2D eigenvalue weighted by Crippen LogP contribution is 2.21. The number of Topliss-reactive ketones (excluding diaryl/α,β-unsaturated/α-hetero) is 1. The Bertz CT molecular complexity index is 539. The van der Waals surface area contributed by atoms with Crippen molar-refractivity contribution < 1.29 is 29.7 Å². The van der Waals surface area contributed by atoms with Gasteiger partial charge in [0.05, 0.1) is 12.5 Å². The van der Waals surface area contributed by atoms with E-state index >= 15 is 0 Å². The predicted octanol–water partition coefficient (Wildman–Crippen LogP) is 1.41. The van der Waals surface area contributed by atoms with Crippen molar-refractivity contribution in [2.45, 2.75) is 32.0 Å². The van der Waals surface area contributed by atoms with Crippen molar-refractivity contribution in [2.24, 2.45) is 0 Å². The molecule has 1 rings (SSSR count). The molecule has 0 saturated carbocycles. The molecule has 0 aliphatic rings. The topological polar surface area (TPSA) is 112 Å². The van der Waals surface area contributed by atoms with Gasteiger partial charge in [-0.2, -0.15) is 0 Å². The molecule has 3 N–H and O–H groups in total. The van der Waals surface area contributed by atoms with Crippen molar-refractivity contribution in [1.82, 2.24) is 0 Å². The standard InChI is InChI=1S/C15H18O6S/c1-9(16)22-8-13(18)15(21)11-4-2-10(3-5-11)12(17)6-7-14(19)20/h2-5,13,15,18,21H,6-8H2,1H3,(H,19,20). The average Bonchev–Trinajstić information content (AvgIpc) is 2.49. The highest BCUT2D eigenvalue weighted by Gasteiger charge is 2.19. The second kappa shape index (κ2) is 8.67. The third-order valence-corrected chi connectivity index (χ3v) is 3.88. The molecule has 0 aromatic heterocycles. The molecule has 0 bridgehead atoms. The van der Waals surface area contributed by atoms with Crippen LogP contribution in [0, 0.1) is 0 Å². The Morgan fingerprint density at radius 1 is 1.09 bits per heavy atom. The van der Waals surface area contributed by atoms with Gasteiger partial charge in [0.25, 0.3) is 0 Å². The SMILES string of the molecule is CC(=O)SCC(O)C(O)c1ccc(C(=O)CCC(=O)O)cc1. The van der Waals surface area contributed by atoms with E-state index in [0.717, 1.165) is 11.8 Å². The first kappa shape index (κ1) is 18.3. The Balaban J connectivity index is 2.65. The zero-order valence-electron chi connectivity index (χ0n) is 12.1. The van der Waals surface area contributed by atoms with Crippen LogP contribution in [0.15, 0.2) is 24.3 Å². The first-order valence-corrected chi connectivity index (χ1v) is 7.64. The minimum absolute atomic E-state index is 0.0792. The van der Waals surface area contributed by atoms with E-state index in [2.05, 4.69) is 0 Å². The minimum Gasteiger partial charge on any atom is -0.481 e. The van der Waals surface area contributed by atoms with Crippen LogP contribution < -0.4 is 0 Å². The molecule has 120 valence electrons. The first-order valence-electron chi connectivity index (χ1n) is 6.65. The minimum atomic E-state index is -1.16. The number of ketones is 1. The molecule has 0 fully saturated rings. The number of hydrogen-bond acceptors (Lipinski definition) is 6. The maximum absolute atomic E-state index is 11.7. The summed E-state index contributed by atoms with van der Waals surface area (Å²) in [5.74, 6) is -1.25. The lowest BCUT2D eigenvalue weighted by atomic mass is 10.0. The fourth-order valence-corrected chi connectivity index (χ4v) is 2.33. The number of aliphatic hydroxyl groups excluding tert-OH is 2. The van der Waals surface area contributed by atoms with Crippen LogP contribution in [-0.2, 0) is 9.59 Å². The molecule has 1 aromatic rings. The van der Waals surface area contributed by atoms with Gasteiger partial charge in [-0.25, -0.2) is 0 Å². The van der Waals surface area contributed by atoms with Gasteiger partial charge in [0, 0.05) is 24.7 Å². The summed E-state index contributed by atoms with van der Waals surface area (Å²) in [5, 5.41) is 28.1. The summed E-state index contributed by atoms with van der Waals surface area (Å²) in [5.41, 5.74) is 0.774. The van der Waals surface area contributed by atoms with Gasteiger partial charge >= 0.3 is 5.97 Å². The molecule has 1 aromatic carbocycles. The number of aliphatic hydroxyl groups is 2. The van der Waals surface area contributed by atoms with Crippen LogP contribution in [0.25, 0.3) is 0 Å². The van der Waals surface area contributed by atoms with E-state index in [1.54, 1.807) is 0 Å². The van der Waals surface area contributed by atoms with E-state index in [9.17, 15) is 24.6 Å². The smallest absolute Gasteiger partial charge is 0.303 e. The van der Waals surface area contributed by atoms with Crippen molar-refractivity contribution in [2.75, 3.05) is 5.75 Å². The molecule has 0 heterocycles. The molecule has 2 atom stereocenters. The molecule has 7 heteroatoms. The summed E-state index contributed by atoms with van der Waals surface area (Å²) in [6, 6.07) is 5.96. The largest absolute Gasteiger partial charge is 0.481 e. The molecule has 0 amide bonds. The zero-order valence-corrected chi connectivity index (χ0v) is 12.9. The molecule has 0 radical (unpaired) electrons. The highest BCUT2D eigenvalue weighted by molar-refractivity contribution is 8.13. The lowest BCUT2D eigenvalue weighted by Crippen LogP contribution is -2.21. The number of aliphatic carboxylic acids is 1. The third kappa shape index (κ3) is 5.97. The molecular weight excluding hydrogens is 308 g/mol. The number of carboxylic acid groups (broad SMARTS) is 1. The van der Waals surface area contributed by atoms with Gasteiger partial charge in [-0.1, -0.05) is 36.0 Å². The molecule has 0 saturated heterocycles.